The first-order valence-electron chi connectivity index (χ1n) is 9.02. The van der Waals surface area contributed by atoms with Crippen molar-refractivity contribution in [1.82, 2.24) is 0 Å². The van der Waals surface area contributed by atoms with Gasteiger partial charge in [0, 0.05) is 5.56 Å². The summed E-state index contributed by atoms with van der Waals surface area (Å²) in [6, 6.07) is 12.8. The molecule has 1 nitrogen and oxygen atoms in total. The number of unbranched alkanes of at least 4 members (excludes halogenated alkanes) is 2. The van der Waals surface area contributed by atoms with Crippen molar-refractivity contribution in [3.63, 3.8) is 0 Å². The van der Waals surface area contributed by atoms with E-state index in [1.807, 2.05) is 6.07 Å². The van der Waals surface area contributed by atoms with Gasteiger partial charge in [0.15, 0.2) is 0 Å². The van der Waals surface area contributed by atoms with Crippen LogP contribution in [0.25, 0.3) is 11.1 Å². The van der Waals surface area contributed by atoms with E-state index in [0.29, 0.717) is 11.7 Å². The van der Waals surface area contributed by atoms with E-state index in [2.05, 4.69) is 58.0 Å². The van der Waals surface area contributed by atoms with Gasteiger partial charge in [0.1, 0.15) is 5.75 Å². The number of benzene rings is 2. The monoisotopic (exact) mass is 310 g/mol. The number of aryl methyl sites for hydroxylation is 2. The van der Waals surface area contributed by atoms with E-state index >= 15 is 0 Å². The SMILES string of the molecule is CCCCCc1cccc(-c2ccc(C(C)C)cc2CC)c1O. The second-order valence-electron chi connectivity index (χ2n) is 6.70. The molecule has 23 heavy (non-hydrogen) atoms. The first kappa shape index (κ1) is 17.6. The van der Waals surface area contributed by atoms with Crippen molar-refractivity contribution in [3.05, 3.63) is 53.1 Å². The lowest BCUT2D eigenvalue weighted by molar-refractivity contribution is 0.468. The predicted octanol–water partition coefficient (Wildman–Crippen LogP) is 6.48. The van der Waals surface area contributed by atoms with Crippen molar-refractivity contribution in [3.8, 4) is 16.9 Å². The summed E-state index contributed by atoms with van der Waals surface area (Å²) in [5.41, 5.74) is 5.91. The Kier molecular flexibility index (Phi) is 6.27. The fourth-order valence-electron chi connectivity index (χ4n) is 3.10. The minimum Gasteiger partial charge on any atom is -0.507 e. The number of hydrogen-bond acceptors (Lipinski definition) is 1. The van der Waals surface area contributed by atoms with E-state index < -0.39 is 0 Å². The van der Waals surface area contributed by atoms with Gasteiger partial charge in [0.05, 0.1) is 0 Å². The van der Waals surface area contributed by atoms with Gasteiger partial charge in [-0.3, -0.25) is 0 Å². The summed E-state index contributed by atoms with van der Waals surface area (Å²) in [5, 5.41) is 10.7. The molecule has 0 amide bonds. The largest absolute Gasteiger partial charge is 0.507 e. The molecule has 0 aromatic heterocycles. The van der Waals surface area contributed by atoms with Crippen LogP contribution in [0.4, 0.5) is 0 Å². The molecule has 0 unspecified atom stereocenters. The summed E-state index contributed by atoms with van der Waals surface area (Å²) in [6.07, 6.45) is 5.50. The Bertz CT molecular complexity index is 640. The summed E-state index contributed by atoms with van der Waals surface area (Å²) in [7, 11) is 0. The van der Waals surface area contributed by atoms with Crippen LogP contribution in [0.5, 0.6) is 5.75 Å². The first-order valence-corrected chi connectivity index (χ1v) is 9.02. The fraction of sp³-hybridized carbons (Fsp3) is 0.455. The van der Waals surface area contributed by atoms with Gasteiger partial charge in [0.2, 0.25) is 0 Å². The molecule has 0 saturated carbocycles. The van der Waals surface area contributed by atoms with Gasteiger partial charge < -0.3 is 5.11 Å². The number of aromatic hydroxyl groups is 1. The zero-order valence-corrected chi connectivity index (χ0v) is 15.0. The first-order chi connectivity index (χ1) is 11.1. The molecule has 0 atom stereocenters. The number of para-hydroxylation sites is 1. The lowest BCUT2D eigenvalue weighted by atomic mass is 9.91. The molecule has 1 N–H and O–H groups in total. The van der Waals surface area contributed by atoms with Crippen LogP contribution >= 0.6 is 0 Å². The van der Waals surface area contributed by atoms with Crippen molar-refractivity contribution < 1.29 is 5.11 Å². The van der Waals surface area contributed by atoms with Crippen LogP contribution in [0.1, 0.15) is 69.6 Å². The second kappa shape index (κ2) is 8.19. The maximum absolute atomic E-state index is 10.7. The van der Waals surface area contributed by atoms with Crippen molar-refractivity contribution >= 4 is 0 Å². The zero-order chi connectivity index (χ0) is 16.8. The summed E-state index contributed by atoms with van der Waals surface area (Å²) < 4.78 is 0. The van der Waals surface area contributed by atoms with E-state index in [9.17, 15) is 5.11 Å². The maximum atomic E-state index is 10.7. The lowest BCUT2D eigenvalue weighted by Gasteiger charge is -2.15. The van der Waals surface area contributed by atoms with Gasteiger partial charge >= 0.3 is 0 Å². The van der Waals surface area contributed by atoms with Crippen LogP contribution in [0, 0.1) is 0 Å². The topological polar surface area (TPSA) is 20.2 Å². The number of phenolic OH excluding ortho intramolecular Hbond substituents is 1. The van der Waals surface area contributed by atoms with E-state index in [-0.39, 0.29) is 0 Å². The third kappa shape index (κ3) is 4.16. The lowest BCUT2D eigenvalue weighted by Crippen LogP contribution is -1.95. The van der Waals surface area contributed by atoms with Crippen molar-refractivity contribution in [2.45, 2.75) is 65.7 Å². The molecule has 124 valence electrons. The Balaban J connectivity index is 2.40. The Morgan fingerprint density at radius 2 is 1.70 bits per heavy atom. The van der Waals surface area contributed by atoms with Crippen LogP contribution in [0.2, 0.25) is 0 Å². The maximum Gasteiger partial charge on any atom is 0.126 e. The third-order valence-electron chi connectivity index (χ3n) is 4.64. The van der Waals surface area contributed by atoms with Crippen LogP contribution in [0.15, 0.2) is 36.4 Å². The highest BCUT2D eigenvalue weighted by Crippen LogP contribution is 2.36. The molecule has 2 aromatic carbocycles. The molecule has 0 heterocycles. The van der Waals surface area contributed by atoms with Crippen LogP contribution < -0.4 is 0 Å². The van der Waals surface area contributed by atoms with Crippen LogP contribution in [0.3, 0.4) is 0 Å². The molecule has 0 aliphatic heterocycles. The number of rotatable bonds is 7. The molecule has 0 aliphatic carbocycles. The average molecular weight is 310 g/mol. The quantitative estimate of drug-likeness (QED) is 0.580. The molecule has 2 aromatic rings. The van der Waals surface area contributed by atoms with E-state index in [4.69, 9.17) is 0 Å². The highest BCUT2D eigenvalue weighted by molar-refractivity contribution is 5.75. The van der Waals surface area contributed by atoms with Crippen molar-refractivity contribution in [2.24, 2.45) is 0 Å². The molecule has 0 saturated heterocycles. The Morgan fingerprint density at radius 1 is 0.913 bits per heavy atom. The smallest absolute Gasteiger partial charge is 0.126 e. The van der Waals surface area contributed by atoms with Gasteiger partial charge in [-0.2, -0.15) is 0 Å². The van der Waals surface area contributed by atoms with Gasteiger partial charge in [-0.15, -0.1) is 0 Å². The molecule has 0 radical (unpaired) electrons. The summed E-state index contributed by atoms with van der Waals surface area (Å²) in [6.45, 7) is 8.84. The molecular weight excluding hydrogens is 280 g/mol. The van der Waals surface area contributed by atoms with Crippen LogP contribution in [-0.2, 0) is 12.8 Å². The Labute approximate surface area is 141 Å². The van der Waals surface area contributed by atoms with Crippen molar-refractivity contribution in [2.75, 3.05) is 0 Å². The minimum absolute atomic E-state index is 0.468. The molecular formula is C22H30O. The Morgan fingerprint density at radius 3 is 2.35 bits per heavy atom. The predicted molar refractivity (Wildman–Crippen MR) is 100 cm³/mol. The number of hydrogen-bond donors (Lipinski definition) is 1. The molecule has 2 rings (SSSR count). The van der Waals surface area contributed by atoms with Crippen molar-refractivity contribution in [1.29, 1.82) is 0 Å². The highest BCUT2D eigenvalue weighted by Gasteiger charge is 2.13. The molecule has 1 heteroatoms. The molecule has 0 fully saturated rings. The molecule has 0 spiro atoms. The summed E-state index contributed by atoms with van der Waals surface area (Å²) in [5.74, 6) is 0.999. The Hall–Kier alpha value is -1.76. The van der Waals surface area contributed by atoms with E-state index in [1.165, 1.54) is 29.5 Å². The normalized spacial score (nSPS) is 11.2. The average Bonchev–Trinajstić information content (AvgIpc) is 2.56. The van der Waals surface area contributed by atoms with Gasteiger partial charge in [-0.1, -0.05) is 76.9 Å². The standard InChI is InChI=1S/C22H30O/c1-5-7-8-10-18-11-9-12-21(22(18)23)20-14-13-19(16(3)4)15-17(20)6-2/h9,11-16,23H,5-8,10H2,1-4H3. The minimum atomic E-state index is 0.468. The molecule has 0 bridgehead atoms. The van der Waals surface area contributed by atoms with E-state index in [1.54, 1.807) is 0 Å². The number of phenols is 1. The summed E-state index contributed by atoms with van der Waals surface area (Å²) in [4.78, 5) is 0. The second-order valence-corrected chi connectivity index (χ2v) is 6.70. The van der Waals surface area contributed by atoms with Gasteiger partial charge in [-0.05, 0) is 47.4 Å². The van der Waals surface area contributed by atoms with Crippen LogP contribution in [-0.4, -0.2) is 5.11 Å². The fourth-order valence-corrected chi connectivity index (χ4v) is 3.10. The molecule has 0 aliphatic rings. The zero-order valence-electron chi connectivity index (χ0n) is 15.0. The van der Waals surface area contributed by atoms with E-state index in [0.717, 1.165) is 30.4 Å². The van der Waals surface area contributed by atoms with Gasteiger partial charge in [-0.25, -0.2) is 0 Å². The summed E-state index contributed by atoms with van der Waals surface area (Å²) >= 11 is 0. The van der Waals surface area contributed by atoms with Gasteiger partial charge in [0.25, 0.3) is 0 Å². The highest BCUT2D eigenvalue weighted by atomic mass is 16.3. The third-order valence-corrected chi connectivity index (χ3v) is 4.64.